The molecule has 0 heterocycles. The molecule has 0 aliphatic heterocycles. The number of esters is 1. The maximum absolute atomic E-state index is 13.1. The van der Waals surface area contributed by atoms with Crippen LogP contribution < -0.4 is 5.32 Å². The molecule has 6 heteroatoms. The number of rotatable bonds is 42. The van der Waals surface area contributed by atoms with Crippen LogP contribution in [0.2, 0.25) is 0 Å². The minimum absolute atomic E-state index is 0.0233. The van der Waals surface area contributed by atoms with Crippen LogP contribution >= 0.6 is 0 Å². The van der Waals surface area contributed by atoms with Crippen molar-refractivity contribution in [2.45, 2.75) is 225 Å². The molecule has 0 aromatic heterocycles. The van der Waals surface area contributed by atoms with Crippen LogP contribution in [0, 0.1) is 0 Å². The fourth-order valence-corrected chi connectivity index (χ4v) is 6.71. The van der Waals surface area contributed by atoms with Gasteiger partial charge in [0, 0.05) is 6.42 Å². The van der Waals surface area contributed by atoms with Gasteiger partial charge in [0.1, 0.15) is 6.10 Å². The zero-order chi connectivity index (χ0) is 43.8. The van der Waals surface area contributed by atoms with Crippen LogP contribution in [0.15, 0.2) is 97.2 Å². The van der Waals surface area contributed by atoms with Crippen LogP contribution in [0.4, 0.5) is 0 Å². The molecule has 0 aliphatic carbocycles. The predicted octanol–water partition coefficient (Wildman–Crippen LogP) is 14.6. The van der Waals surface area contributed by atoms with E-state index in [1.165, 1.54) is 64.2 Å². The number of unbranched alkanes of at least 4 members (excludes halogenated alkanes) is 14. The molecule has 1 amide bonds. The Bertz CT molecular complexity index is 1210. The van der Waals surface area contributed by atoms with Gasteiger partial charge in [-0.25, -0.2) is 0 Å². The smallest absolute Gasteiger partial charge is 0.306 e. The number of allylic oxidation sites excluding steroid dienone is 16. The second kappa shape index (κ2) is 46.8. The lowest BCUT2D eigenvalue weighted by Crippen LogP contribution is -2.46. The van der Waals surface area contributed by atoms with Crippen LogP contribution in [0.5, 0.6) is 0 Å². The van der Waals surface area contributed by atoms with Crippen molar-refractivity contribution in [1.29, 1.82) is 0 Å². The Balaban J connectivity index is 4.78. The first-order valence-corrected chi connectivity index (χ1v) is 24.5. The molecule has 342 valence electrons. The molecule has 0 fully saturated rings. The first kappa shape index (κ1) is 56.8. The van der Waals surface area contributed by atoms with Crippen molar-refractivity contribution in [2.24, 2.45) is 0 Å². The highest BCUT2D eigenvalue weighted by Gasteiger charge is 2.24. The van der Waals surface area contributed by atoms with Gasteiger partial charge in [-0.05, 0) is 103 Å². The zero-order valence-electron chi connectivity index (χ0n) is 38.8. The predicted molar refractivity (Wildman–Crippen MR) is 259 cm³/mol. The van der Waals surface area contributed by atoms with E-state index < -0.39 is 18.2 Å². The molecule has 60 heavy (non-hydrogen) atoms. The molecule has 3 N–H and O–H groups in total. The van der Waals surface area contributed by atoms with Crippen LogP contribution in [-0.4, -0.2) is 46.9 Å². The summed E-state index contributed by atoms with van der Waals surface area (Å²) in [7, 11) is 0. The number of amides is 1. The van der Waals surface area contributed by atoms with Gasteiger partial charge in [0.25, 0.3) is 0 Å². The minimum atomic E-state index is -0.811. The molecule has 0 rings (SSSR count). The number of carbonyl (C=O) groups excluding carboxylic acids is 2. The van der Waals surface area contributed by atoms with Crippen LogP contribution in [0.25, 0.3) is 0 Å². The molecule has 0 aliphatic rings. The summed E-state index contributed by atoms with van der Waals surface area (Å²) in [5.74, 6) is -0.592. The number of aliphatic hydroxyl groups excluding tert-OH is 2. The highest BCUT2D eigenvalue weighted by atomic mass is 16.5. The van der Waals surface area contributed by atoms with Crippen molar-refractivity contribution in [3.05, 3.63) is 97.2 Å². The Labute approximate surface area is 369 Å². The van der Waals surface area contributed by atoms with Crippen LogP contribution in [0.1, 0.15) is 207 Å². The number of ether oxygens (including phenoxy) is 1. The molecule has 3 unspecified atom stereocenters. The van der Waals surface area contributed by atoms with E-state index in [-0.39, 0.29) is 24.9 Å². The summed E-state index contributed by atoms with van der Waals surface area (Å²) in [6, 6.07) is -0.729. The standard InChI is InChI=1S/C54H91NO5/c1-4-7-10-13-16-19-21-23-25-26-28-30-32-35-38-41-44-47-54(59)60-50(45-42-39-36-34-31-29-27-24-22-20-17-14-11-8-5-2)48-53(58)55-51(49-56)52(57)46-43-40-37-33-18-15-12-9-6-3/h7,10,16-17,19-20,23-25,27-28,30-31,34-35,38,50-52,56-57H,4-6,8-9,11-15,18,21-22,26,29,32-33,36-37,39-49H2,1-3H3,(H,55,58)/b10-7-,19-16-,20-17-,25-23-,27-24-,30-28-,34-31-,38-35-. The Hall–Kier alpha value is -3.22. The number of hydrogen-bond donors (Lipinski definition) is 3. The molecule has 0 aromatic carbocycles. The average Bonchev–Trinajstić information content (AvgIpc) is 3.24. The van der Waals surface area contributed by atoms with Gasteiger partial charge in [-0.3, -0.25) is 9.59 Å². The molecule has 0 spiro atoms. The van der Waals surface area contributed by atoms with Crippen molar-refractivity contribution in [3.63, 3.8) is 0 Å². The second-order valence-corrected chi connectivity index (χ2v) is 16.1. The van der Waals surface area contributed by atoms with Crippen molar-refractivity contribution in [3.8, 4) is 0 Å². The van der Waals surface area contributed by atoms with E-state index in [9.17, 15) is 19.8 Å². The van der Waals surface area contributed by atoms with E-state index >= 15 is 0 Å². The molecular formula is C54H91NO5. The average molecular weight is 834 g/mol. The maximum Gasteiger partial charge on any atom is 0.306 e. The summed E-state index contributed by atoms with van der Waals surface area (Å²) >= 11 is 0. The summed E-state index contributed by atoms with van der Waals surface area (Å²) in [6.45, 7) is 6.28. The Morgan fingerprint density at radius 2 is 0.900 bits per heavy atom. The molecule has 0 aromatic rings. The van der Waals surface area contributed by atoms with Gasteiger partial charge in [0.05, 0.1) is 25.2 Å². The van der Waals surface area contributed by atoms with Gasteiger partial charge in [0.15, 0.2) is 0 Å². The highest BCUT2D eigenvalue weighted by molar-refractivity contribution is 5.77. The number of nitrogens with one attached hydrogen (secondary N) is 1. The van der Waals surface area contributed by atoms with E-state index in [1.807, 2.05) is 0 Å². The van der Waals surface area contributed by atoms with Crippen molar-refractivity contribution in [2.75, 3.05) is 6.61 Å². The highest BCUT2D eigenvalue weighted by Crippen LogP contribution is 2.16. The largest absolute Gasteiger partial charge is 0.462 e. The zero-order valence-corrected chi connectivity index (χ0v) is 38.8. The normalized spacial score (nSPS) is 14.2. The molecule has 0 saturated heterocycles. The van der Waals surface area contributed by atoms with Crippen molar-refractivity contribution >= 4 is 11.9 Å². The van der Waals surface area contributed by atoms with E-state index in [1.54, 1.807) is 0 Å². The molecule has 6 nitrogen and oxygen atoms in total. The van der Waals surface area contributed by atoms with Gasteiger partial charge in [-0.1, -0.05) is 189 Å². The van der Waals surface area contributed by atoms with E-state index in [0.717, 1.165) is 89.9 Å². The summed E-state index contributed by atoms with van der Waals surface area (Å²) in [4.78, 5) is 26.0. The topological polar surface area (TPSA) is 95.9 Å². The molecular weight excluding hydrogens is 743 g/mol. The first-order valence-electron chi connectivity index (χ1n) is 24.5. The third-order valence-electron chi connectivity index (χ3n) is 10.4. The fraction of sp³-hybridized carbons (Fsp3) is 0.667. The van der Waals surface area contributed by atoms with Crippen LogP contribution in [-0.2, 0) is 14.3 Å². The van der Waals surface area contributed by atoms with Crippen molar-refractivity contribution < 1.29 is 24.5 Å². The van der Waals surface area contributed by atoms with Gasteiger partial charge >= 0.3 is 5.97 Å². The molecule has 0 bridgehead atoms. The SMILES string of the molecule is CC/C=C\C/C=C\C/C=C\C/C=C\C/C=C\CCCC(=O)OC(CCCC/C=C\C/C=C\C/C=C\CCCCC)CC(=O)NC(CO)C(O)CCCCCCCCCCC. The number of hydrogen-bond acceptors (Lipinski definition) is 5. The Morgan fingerprint density at radius 1 is 0.500 bits per heavy atom. The van der Waals surface area contributed by atoms with Gasteiger partial charge < -0.3 is 20.3 Å². The Kier molecular flexibility index (Phi) is 44.3. The van der Waals surface area contributed by atoms with E-state index in [2.05, 4.69) is 123 Å². The molecule has 3 atom stereocenters. The molecule has 0 radical (unpaired) electrons. The quantitative estimate of drug-likeness (QED) is 0.0323. The second-order valence-electron chi connectivity index (χ2n) is 16.1. The monoisotopic (exact) mass is 834 g/mol. The van der Waals surface area contributed by atoms with E-state index in [4.69, 9.17) is 4.74 Å². The fourth-order valence-electron chi connectivity index (χ4n) is 6.71. The lowest BCUT2D eigenvalue weighted by molar-refractivity contribution is -0.151. The van der Waals surface area contributed by atoms with Gasteiger partial charge in [-0.2, -0.15) is 0 Å². The maximum atomic E-state index is 13.1. The first-order chi connectivity index (χ1) is 29.5. The van der Waals surface area contributed by atoms with Crippen LogP contribution in [0.3, 0.4) is 0 Å². The third-order valence-corrected chi connectivity index (χ3v) is 10.4. The summed E-state index contributed by atoms with van der Waals surface area (Å²) in [6.07, 6.45) is 61.8. The van der Waals surface area contributed by atoms with Crippen molar-refractivity contribution in [1.82, 2.24) is 5.32 Å². The lowest BCUT2D eigenvalue weighted by atomic mass is 10.0. The van der Waals surface area contributed by atoms with E-state index in [0.29, 0.717) is 25.7 Å². The summed E-state index contributed by atoms with van der Waals surface area (Å²) in [5, 5.41) is 23.6. The Morgan fingerprint density at radius 3 is 1.38 bits per heavy atom. The number of aliphatic hydroxyl groups is 2. The number of carbonyl (C=O) groups is 2. The van der Waals surface area contributed by atoms with Gasteiger partial charge in [0.2, 0.25) is 5.91 Å². The summed E-state index contributed by atoms with van der Waals surface area (Å²) < 4.78 is 5.87. The minimum Gasteiger partial charge on any atom is -0.462 e. The summed E-state index contributed by atoms with van der Waals surface area (Å²) in [5.41, 5.74) is 0. The lowest BCUT2D eigenvalue weighted by Gasteiger charge is -2.24. The third kappa shape index (κ3) is 41.5. The van der Waals surface area contributed by atoms with Gasteiger partial charge in [-0.15, -0.1) is 0 Å². The molecule has 0 saturated carbocycles.